The number of amides is 1. The lowest BCUT2D eigenvalue weighted by Crippen LogP contribution is -2.29. The van der Waals surface area contributed by atoms with Crippen LogP contribution in [0.4, 0.5) is 5.69 Å². The number of aromatic hydroxyl groups is 1. The van der Waals surface area contributed by atoms with Crippen molar-refractivity contribution in [2.75, 3.05) is 4.90 Å². The minimum Gasteiger partial charge on any atom is -0.507 e. The number of hydrogen-bond acceptors (Lipinski definition) is 5. The molecular formula is C23H16N2O4S. The number of para-hydroxylation sites is 3. The summed E-state index contributed by atoms with van der Waals surface area (Å²) in [6.07, 6.45) is 1.62. The topological polar surface area (TPSA) is 93.6 Å². The van der Waals surface area contributed by atoms with Crippen molar-refractivity contribution in [3.05, 3.63) is 88.3 Å². The Morgan fingerprint density at radius 2 is 1.77 bits per heavy atom. The lowest BCUT2D eigenvalue weighted by atomic mass is 9.99. The van der Waals surface area contributed by atoms with E-state index in [1.165, 1.54) is 22.3 Å². The molecule has 0 radical (unpaired) electrons. The van der Waals surface area contributed by atoms with Crippen LogP contribution in [0.2, 0.25) is 0 Å². The van der Waals surface area contributed by atoms with Gasteiger partial charge in [-0.15, -0.1) is 11.3 Å². The van der Waals surface area contributed by atoms with Crippen LogP contribution in [-0.2, 0) is 9.59 Å². The SMILES string of the molecule is O=C1C(=O)N(c2ccccc2O)C(c2cccs2)/C1=C(/O)c1c[nH]c2ccccc12. The van der Waals surface area contributed by atoms with E-state index in [0.29, 0.717) is 10.4 Å². The quantitative estimate of drug-likeness (QED) is 0.259. The van der Waals surface area contributed by atoms with Crippen molar-refractivity contribution in [3.63, 3.8) is 0 Å². The van der Waals surface area contributed by atoms with Gasteiger partial charge in [0.15, 0.2) is 0 Å². The minimum absolute atomic E-state index is 0.00421. The molecule has 0 bridgehead atoms. The zero-order chi connectivity index (χ0) is 20.8. The normalized spacial score (nSPS) is 18.4. The lowest BCUT2D eigenvalue weighted by Gasteiger charge is -2.24. The molecule has 3 N–H and O–H groups in total. The zero-order valence-corrected chi connectivity index (χ0v) is 16.4. The van der Waals surface area contributed by atoms with Crippen LogP contribution in [0.5, 0.6) is 5.75 Å². The highest BCUT2D eigenvalue weighted by atomic mass is 32.1. The number of aliphatic hydroxyl groups is 1. The van der Waals surface area contributed by atoms with E-state index in [-0.39, 0.29) is 22.8 Å². The average molecular weight is 416 g/mol. The molecular weight excluding hydrogens is 400 g/mol. The van der Waals surface area contributed by atoms with Crippen LogP contribution in [0, 0.1) is 0 Å². The molecule has 7 heteroatoms. The number of anilines is 1. The number of aromatic nitrogens is 1. The number of H-pyrrole nitrogens is 1. The first-order chi connectivity index (χ1) is 14.6. The van der Waals surface area contributed by atoms with Crippen molar-refractivity contribution in [3.8, 4) is 5.75 Å². The van der Waals surface area contributed by atoms with E-state index < -0.39 is 17.7 Å². The molecule has 1 saturated heterocycles. The number of phenols is 1. The summed E-state index contributed by atoms with van der Waals surface area (Å²) in [6.45, 7) is 0. The van der Waals surface area contributed by atoms with E-state index in [4.69, 9.17) is 0 Å². The standard InChI is InChI=1S/C23H16N2O4S/c26-17-9-4-3-8-16(17)25-20(18-10-5-11-30-18)19(22(28)23(25)29)21(27)14-12-24-15-7-2-1-6-13(14)15/h1-12,20,24,26-27H/b21-19-. The van der Waals surface area contributed by atoms with Gasteiger partial charge in [-0.2, -0.15) is 0 Å². The van der Waals surface area contributed by atoms with E-state index in [1.54, 1.807) is 30.5 Å². The Labute approximate surface area is 175 Å². The second-order valence-corrected chi connectivity index (χ2v) is 7.90. The number of thiophene rings is 1. The highest BCUT2D eigenvalue weighted by molar-refractivity contribution is 7.10. The van der Waals surface area contributed by atoms with E-state index in [9.17, 15) is 19.8 Å². The smallest absolute Gasteiger partial charge is 0.300 e. The summed E-state index contributed by atoms with van der Waals surface area (Å²) in [7, 11) is 0. The van der Waals surface area contributed by atoms with Crippen molar-refractivity contribution in [2.24, 2.45) is 0 Å². The maximum atomic E-state index is 13.1. The van der Waals surface area contributed by atoms with Crippen LogP contribution in [0.15, 0.2) is 77.8 Å². The fourth-order valence-electron chi connectivity index (χ4n) is 3.88. The van der Waals surface area contributed by atoms with Crippen LogP contribution in [0.1, 0.15) is 16.5 Å². The molecule has 4 aromatic rings. The first-order valence-corrected chi connectivity index (χ1v) is 10.1. The summed E-state index contributed by atoms with van der Waals surface area (Å²) < 4.78 is 0. The third kappa shape index (κ3) is 2.63. The number of fused-ring (bicyclic) bond motifs is 1. The van der Waals surface area contributed by atoms with Crippen LogP contribution in [0.3, 0.4) is 0 Å². The molecule has 1 aliphatic heterocycles. The number of nitrogens with one attached hydrogen (secondary N) is 1. The fourth-order valence-corrected chi connectivity index (χ4v) is 4.70. The van der Waals surface area contributed by atoms with Gasteiger partial charge in [-0.3, -0.25) is 14.5 Å². The fraction of sp³-hybridized carbons (Fsp3) is 0.0435. The van der Waals surface area contributed by atoms with Gasteiger partial charge in [0.2, 0.25) is 0 Å². The Morgan fingerprint density at radius 3 is 2.53 bits per heavy atom. The van der Waals surface area contributed by atoms with Gasteiger partial charge in [-0.1, -0.05) is 36.4 Å². The molecule has 5 rings (SSSR count). The summed E-state index contributed by atoms with van der Waals surface area (Å²) in [6, 6.07) is 16.5. The van der Waals surface area contributed by atoms with E-state index >= 15 is 0 Å². The molecule has 0 spiro atoms. The Balaban J connectivity index is 1.77. The number of aliphatic hydroxyl groups excluding tert-OH is 1. The largest absolute Gasteiger partial charge is 0.507 e. The van der Waals surface area contributed by atoms with Gasteiger partial charge in [-0.25, -0.2) is 0 Å². The van der Waals surface area contributed by atoms with Gasteiger partial charge in [0, 0.05) is 27.5 Å². The maximum absolute atomic E-state index is 13.1. The molecule has 30 heavy (non-hydrogen) atoms. The van der Waals surface area contributed by atoms with Crippen LogP contribution in [0.25, 0.3) is 16.7 Å². The van der Waals surface area contributed by atoms with E-state index in [2.05, 4.69) is 4.98 Å². The number of aromatic amines is 1. The molecule has 148 valence electrons. The number of phenolic OH excluding ortho intramolecular Hbond substituents is 1. The first kappa shape index (κ1) is 18.2. The number of carbonyl (C=O) groups is 2. The first-order valence-electron chi connectivity index (χ1n) is 9.27. The summed E-state index contributed by atoms with van der Waals surface area (Å²) in [5.74, 6) is -1.95. The molecule has 0 saturated carbocycles. The Morgan fingerprint density at radius 1 is 1.00 bits per heavy atom. The van der Waals surface area contributed by atoms with Gasteiger partial charge in [0.25, 0.3) is 11.7 Å². The van der Waals surface area contributed by atoms with Gasteiger partial charge in [-0.05, 0) is 29.6 Å². The van der Waals surface area contributed by atoms with Crippen molar-refractivity contribution in [1.82, 2.24) is 4.98 Å². The molecule has 1 amide bonds. The van der Waals surface area contributed by atoms with Crippen molar-refractivity contribution in [1.29, 1.82) is 0 Å². The molecule has 2 aromatic heterocycles. The molecule has 0 aliphatic carbocycles. The van der Waals surface area contributed by atoms with Gasteiger partial charge >= 0.3 is 0 Å². The highest BCUT2D eigenvalue weighted by Crippen LogP contribution is 2.46. The predicted molar refractivity (Wildman–Crippen MR) is 116 cm³/mol. The number of rotatable bonds is 3. The monoisotopic (exact) mass is 416 g/mol. The number of Topliss-reactive ketones (excluding diaryl/α,β-unsaturated/α-hetero) is 1. The third-order valence-corrected chi connectivity index (χ3v) is 6.17. The summed E-state index contributed by atoms with van der Waals surface area (Å²) in [5.41, 5.74) is 1.47. The number of carbonyl (C=O) groups excluding carboxylic acids is 2. The molecule has 6 nitrogen and oxygen atoms in total. The number of ketones is 1. The number of hydrogen-bond donors (Lipinski definition) is 3. The summed E-state index contributed by atoms with van der Waals surface area (Å²) in [5, 5.41) is 24.1. The van der Waals surface area contributed by atoms with Gasteiger partial charge < -0.3 is 15.2 Å². The second kappa shape index (κ2) is 6.89. The lowest BCUT2D eigenvalue weighted by molar-refractivity contribution is -0.132. The van der Waals surface area contributed by atoms with Crippen LogP contribution in [-0.4, -0.2) is 26.9 Å². The molecule has 3 heterocycles. The van der Waals surface area contributed by atoms with Crippen molar-refractivity contribution < 1.29 is 19.8 Å². The molecule has 1 unspecified atom stereocenters. The summed E-state index contributed by atoms with van der Waals surface area (Å²) >= 11 is 1.37. The minimum atomic E-state index is -0.841. The Bertz CT molecular complexity index is 1320. The number of nitrogens with zero attached hydrogens (tertiary/aromatic N) is 1. The van der Waals surface area contributed by atoms with E-state index in [1.807, 2.05) is 35.7 Å². The predicted octanol–water partition coefficient (Wildman–Crippen LogP) is 4.56. The van der Waals surface area contributed by atoms with Gasteiger partial charge in [0.05, 0.1) is 11.3 Å². The third-order valence-electron chi connectivity index (χ3n) is 5.24. The number of benzene rings is 2. The molecule has 1 atom stereocenters. The van der Waals surface area contributed by atoms with Crippen molar-refractivity contribution >= 4 is 45.4 Å². The zero-order valence-electron chi connectivity index (χ0n) is 15.6. The highest BCUT2D eigenvalue weighted by Gasteiger charge is 2.48. The second-order valence-electron chi connectivity index (χ2n) is 6.92. The molecule has 2 aromatic carbocycles. The maximum Gasteiger partial charge on any atom is 0.300 e. The summed E-state index contributed by atoms with van der Waals surface area (Å²) in [4.78, 5) is 31.2. The Hall–Kier alpha value is -3.84. The average Bonchev–Trinajstić information content (AvgIpc) is 3.48. The Kier molecular flexibility index (Phi) is 4.18. The van der Waals surface area contributed by atoms with Crippen LogP contribution >= 0.6 is 11.3 Å². The molecule has 1 fully saturated rings. The van der Waals surface area contributed by atoms with Crippen LogP contribution < -0.4 is 4.90 Å². The molecule has 1 aliphatic rings. The van der Waals surface area contributed by atoms with Crippen molar-refractivity contribution in [2.45, 2.75) is 6.04 Å². The van der Waals surface area contributed by atoms with Gasteiger partial charge in [0.1, 0.15) is 17.6 Å². The van der Waals surface area contributed by atoms with E-state index in [0.717, 1.165) is 10.9 Å².